The number of oxazole rings is 1. The van der Waals surface area contributed by atoms with Gasteiger partial charge in [-0.2, -0.15) is 0 Å². The van der Waals surface area contributed by atoms with Crippen molar-refractivity contribution in [3.8, 4) is 0 Å². The molecule has 0 radical (unpaired) electrons. The van der Waals surface area contributed by atoms with E-state index in [4.69, 9.17) is 4.42 Å². The van der Waals surface area contributed by atoms with E-state index in [1.165, 1.54) is 17.0 Å². The van der Waals surface area contributed by atoms with Crippen LogP contribution in [0.15, 0.2) is 63.9 Å². The number of aromatic nitrogens is 1. The molecule has 1 aliphatic heterocycles. The van der Waals surface area contributed by atoms with E-state index in [2.05, 4.69) is 10.3 Å². The quantitative estimate of drug-likeness (QED) is 0.474. The molecule has 4 rings (SSSR count). The third-order valence-electron chi connectivity index (χ3n) is 6.24. The van der Waals surface area contributed by atoms with Crippen molar-refractivity contribution in [3.05, 3.63) is 60.5 Å². The number of para-hydroxylation sites is 2. The molecule has 0 bridgehead atoms. The second kappa shape index (κ2) is 9.99. The number of sulfone groups is 1. The Balaban J connectivity index is 1.54. The molecular formula is C25H27N3O6S. The molecule has 0 spiro atoms. The Hall–Kier alpha value is -3.53. The molecule has 0 aliphatic carbocycles. The van der Waals surface area contributed by atoms with Gasteiger partial charge in [0, 0.05) is 13.0 Å². The molecule has 1 saturated heterocycles. The van der Waals surface area contributed by atoms with Crippen molar-refractivity contribution >= 4 is 38.5 Å². The third kappa shape index (κ3) is 4.84. The molecule has 1 aromatic heterocycles. The number of fused-ring (bicyclic) bond motifs is 1. The first-order valence-electron chi connectivity index (χ1n) is 11.5. The predicted molar refractivity (Wildman–Crippen MR) is 128 cm³/mol. The highest BCUT2D eigenvalue weighted by atomic mass is 32.2. The van der Waals surface area contributed by atoms with E-state index < -0.39 is 38.9 Å². The summed E-state index contributed by atoms with van der Waals surface area (Å²) in [5.74, 6) is -1.50. The van der Waals surface area contributed by atoms with Crippen molar-refractivity contribution < 1.29 is 27.2 Å². The van der Waals surface area contributed by atoms with E-state index in [0.717, 1.165) is 0 Å². The number of carbonyl (C=O) groups excluding carboxylic acids is 3. The van der Waals surface area contributed by atoms with Crippen LogP contribution in [0.3, 0.4) is 0 Å². The average molecular weight is 498 g/mol. The normalized spacial score (nSPS) is 19.0. The fraction of sp³-hybridized carbons (Fsp3) is 0.360. The minimum atomic E-state index is -3.75. The van der Waals surface area contributed by atoms with Crippen LogP contribution in [0.25, 0.3) is 11.1 Å². The number of amides is 2. The number of nitrogens with one attached hydrogen (secondary N) is 1. The molecular weight excluding hydrogens is 470 g/mol. The lowest BCUT2D eigenvalue weighted by atomic mass is 10.1. The van der Waals surface area contributed by atoms with E-state index >= 15 is 0 Å². The first-order chi connectivity index (χ1) is 16.8. The number of Topliss-reactive ketones (excluding diaryl/α,β-unsaturated/α-hetero) is 1. The number of ketones is 1. The molecule has 2 amide bonds. The van der Waals surface area contributed by atoms with Crippen LogP contribution < -0.4 is 5.32 Å². The highest BCUT2D eigenvalue weighted by Gasteiger charge is 2.45. The second-order valence-electron chi connectivity index (χ2n) is 8.45. The van der Waals surface area contributed by atoms with Crippen LogP contribution in [-0.2, 0) is 19.4 Å². The fourth-order valence-electron chi connectivity index (χ4n) is 4.30. The van der Waals surface area contributed by atoms with Crippen molar-refractivity contribution in [1.82, 2.24) is 15.2 Å². The average Bonchev–Trinajstić information content (AvgIpc) is 3.52. The lowest BCUT2D eigenvalue weighted by molar-refractivity contribution is -0.138. The Morgan fingerprint density at radius 3 is 2.43 bits per heavy atom. The lowest BCUT2D eigenvalue weighted by Crippen LogP contribution is -2.50. The summed E-state index contributed by atoms with van der Waals surface area (Å²) in [5.41, 5.74) is 0.989. The zero-order chi connectivity index (χ0) is 25.2. The fourth-order valence-corrected chi connectivity index (χ4v) is 6.01. The number of rotatable bonds is 8. The summed E-state index contributed by atoms with van der Waals surface area (Å²) in [4.78, 5) is 44.6. The van der Waals surface area contributed by atoms with Gasteiger partial charge >= 0.3 is 0 Å². The Bertz CT molecular complexity index is 1320. The van der Waals surface area contributed by atoms with Crippen LogP contribution in [-0.4, -0.2) is 59.8 Å². The standard InChI is InChI=1S/C25H27N3O6S/c1-3-18(23(30)25-27-19-12-8-9-13-21(19)34-25)26-24(31)20-14-17(15-28(20)22(29)4-2)35(32,33)16-10-6-5-7-11-16/h5-13,17-18,20H,3-4,14-15H2,1-2H3,(H,26,31)/t17-,18?,20+/m1/s1. The summed E-state index contributed by atoms with van der Waals surface area (Å²) in [7, 11) is -3.75. The van der Waals surface area contributed by atoms with Gasteiger partial charge < -0.3 is 14.6 Å². The monoisotopic (exact) mass is 497 g/mol. The van der Waals surface area contributed by atoms with E-state index in [0.29, 0.717) is 11.1 Å². The molecule has 3 atom stereocenters. The van der Waals surface area contributed by atoms with Crippen LogP contribution >= 0.6 is 0 Å². The highest BCUT2D eigenvalue weighted by Crippen LogP contribution is 2.29. The van der Waals surface area contributed by atoms with Crippen LogP contribution in [0.4, 0.5) is 0 Å². The highest BCUT2D eigenvalue weighted by molar-refractivity contribution is 7.92. The van der Waals surface area contributed by atoms with Crippen LogP contribution in [0.2, 0.25) is 0 Å². The van der Waals surface area contributed by atoms with Crippen molar-refractivity contribution in [1.29, 1.82) is 0 Å². The minimum Gasteiger partial charge on any atom is -0.434 e. The second-order valence-corrected chi connectivity index (χ2v) is 10.7. The predicted octanol–water partition coefficient (Wildman–Crippen LogP) is 2.76. The van der Waals surface area contributed by atoms with Crippen LogP contribution in [0.1, 0.15) is 43.8 Å². The van der Waals surface area contributed by atoms with Crippen molar-refractivity contribution in [3.63, 3.8) is 0 Å². The van der Waals surface area contributed by atoms with Gasteiger partial charge in [0.1, 0.15) is 11.6 Å². The summed E-state index contributed by atoms with van der Waals surface area (Å²) in [5, 5.41) is 1.77. The number of benzene rings is 2. The van der Waals surface area contributed by atoms with Gasteiger partial charge in [-0.1, -0.05) is 44.2 Å². The number of nitrogens with zero attached hydrogens (tertiary/aromatic N) is 2. The minimum absolute atomic E-state index is 0.0533. The van der Waals surface area contributed by atoms with E-state index in [9.17, 15) is 22.8 Å². The largest absolute Gasteiger partial charge is 0.434 e. The maximum Gasteiger partial charge on any atom is 0.266 e. The van der Waals surface area contributed by atoms with Crippen molar-refractivity contribution in [2.45, 2.75) is 55.3 Å². The van der Waals surface area contributed by atoms with Crippen molar-refractivity contribution in [2.24, 2.45) is 0 Å². The first kappa shape index (κ1) is 24.6. The van der Waals surface area contributed by atoms with Gasteiger partial charge in [0.25, 0.3) is 5.89 Å². The summed E-state index contributed by atoms with van der Waals surface area (Å²) in [6.07, 6.45) is 0.340. The molecule has 1 aliphatic rings. The first-order valence-corrected chi connectivity index (χ1v) is 13.1. The van der Waals surface area contributed by atoms with E-state index in [1.807, 2.05) is 0 Å². The lowest BCUT2D eigenvalue weighted by Gasteiger charge is -2.25. The Morgan fingerprint density at radius 1 is 1.09 bits per heavy atom. The molecule has 1 N–H and O–H groups in total. The molecule has 2 aromatic carbocycles. The zero-order valence-corrected chi connectivity index (χ0v) is 20.3. The van der Waals surface area contributed by atoms with Gasteiger partial charge in [-0.05, 0) is 37.1 Å². The Labute approximate surface area is 203 Å². The smallest absolute Gasteiger partial charge is 0.266 e. The maximum absolute atomic E-state index is 13.3. The van der Waals surface area contributed by atoms with Gasteiger partial charge in [-0.15, -0.1) is 0 Å². The molecule has 9 nitrogen and oxygen atoms in total. The summed E-state index contributed by atoms with van der Waals surface area (Å²) in [6.45, 7) is 3.30. The number of carbonyl (C=O) groups is 3. The molecule has 2 heterocycles. The van der Waals surface area contributed by atoms with Gasteiger partial charge in [-0.25, -0.2) is 13.4 Å². The molecule has 184 valence electrons. The molecule has 1 fully saturated rings. The van der Waals surface area contributed by atoms with E-state index in [-0.39, 0.29) is 42.5 Å². The zero-order valence-electron chi connectivity index (χ0n) is 19.5. The third-order valence-corrected chi connectivity index (χ3v) is 8.39. The van der Waals surface area contributed by atoms with Gasteiger partial charge in [0.15, 0.2) is 15.4 Å². The topological polar surface area (TPSA) is 127 Å². The Morgan fingerprint density at radius 2 is 1.77 bits per heavy atom. The van der Waals surface area contributed by atoms with E-state index in [1.54, 1.807) is 56.3 Å². The van der Waals surface area contributed by atoms with Crippen LogP contribution in [0.5, 0.6) is 0 Å². The summed E-state index contributed by atoms with van der Waals surface area (Å²) in [6, 6.07) is 13.0. The maximum atomic E-state index is 13.3. The number of likely N-dealkylation sites (tertiary alicyclic amines) is 1. The molecule has 35 heavy (non-hydrogen) atoms. The molecule has 10 heteroatoms. The number of hydrogen-bond donors (Lipinski definition) is 1. The Kier molecular flexibility index (Phi) is 7.02. The van der Waals surface area contributed by atoms with Gasteiger partial charge in [0.05, 0.1) is 16.2 Å². The summed E-state index contributed by atoms with van der Waals surface area (Å²) < 4.78 is 31.9. The molecule has 3 aromatic rings. The van der Waals surface area contributed by atoms with Gasteiger partial charge in [0.2, 0.25) is 17.6 Å². The van der Waals surface area contributed by atoms with Crippen molar-refractivity contribution in [2.75, 3.05) is 6.54 Å². The molecule has 1 unspecified atom stereocenters. The summed E-state index contributed by atoms with van der Waals surface area (Å²) >= 11 is 0. The molecule has 0 saturated carbocycles. The number of hydrogen-bond acceptors (Lipinski definition) is 7. The van der Waals surface area contributed by atoms with Gasteiger partial charge in [-0.3, -0.25) is 14.4 Å². The van der Waals surface area contributed by atoms with Crippen LogP contribution in [0, 0.1) is 0 Å². The SMILES string of the molecule is CCC(=O)N1C[C@H](S(=O)(=O)c2ccccc2)C[C@H]1C(=O)NC(CC)C(=O)c1nc2ccccc2o1.